The molecule has 1 fully saturated rings. The molecule has 1 aliphatic carbocycles. The molecule has 11 nitrogen and oxygen atoms in total. The van der Waals surface area contributed by atoms with Crippen molar-refractivity contribution in [1.29, 1.82) is 0 Å². The molecule has 0 bridgehead atoms. The Hall–Kier alpha value is -3.90. The minimum absolute atomic E-state index is 0.0210. The number of nitrogens with zero attached hydrogens (tertiary/aromatic N) is 5. The summed E-state index contributed by atoms with van der Waals surface area (Å²) < 4.78 is 55.8. The number of anilines is 3. The molecular formula is C20H22F2N8O3. The number of fused-ring (bicyclic) bond motifs is 1. The molecule has 2 amide bonds. The standard InChI is InChI=1S/C20H22F2N8O3/c1-20(21,22)9-30-13-11(7-26-30)6-24-16(14(13)33-3)27-15-12(18(32)23-2)8-25-19(28-15)29-17(31)10-4-5-10/h6-8,10H,4-5,9H2,1-3H3,(H,23,32)(H2,24,25,27,28,29,31)/i2D3. The molecule has 0 aliphatic heterocycles. The molecule has 3 heterocycles. The van der Waals surface area contributed by atoms with Crippen LogP contribution in [0.4, 0.5) is 26.4 Å². The zero-order valence-corrected chi connectivity index (χ0v) is 17.6. The summed E-state index contributed by atoms with van der Waals surface area (Å²) in [4.78, 5) is 37.1. The average molecular weight is 463 g/mol. The number of ether oxygens (including phenoxy) is 1. The maximum atomic E-state index is 13.7. The molecule has 0 aromatic carbocycles. The Morgan fingerprint density at radius 1 is 1.27 bits per heavy atom. The lowest BCUT2D eigenvalue weighted by atomic mass is 10.2. The van der Waals surface area contributed by atoms with E-state index in [1.165, 1.54) is 19.5 Å². The zero-order valence-electron chi connectivity index (χ0n) is 20.6. The Morgan fingerprint density at radius 3 is 2.73 bits per heavy atom. The Bertz CT molecular complexity index is 1320. The second-order valence-corrected chi connectivity index (χ2v) is 7.61. The Labute approximate surface area is 191 Å². The summed E-state index contributed by atoms with van der Waals surface area (Å²) in [5, 5.41) is 11.6. The highest BCUT2D eigenvalue weighted by Crippen LogP contribution is 2.35. The molecule has 0 unspecified atom stereocenters. The van der Waals surface area contributed by atoms with Crippen molar-refractivity contribution in [2.75, 3.05) is 24.7 Å². The number of alkyl halides is 2. The Kier molecular flexibility index (Phi) is 4.84. The summed E-state index contributed by atoms with van der Waals surface area (Å²) in [5.74, 6) is -4.85. The molecule has 3 aromatic rings. The van der Waals surface area contributed by atoms with Crippen LogP contribution in [0, 0.1) is 5.92 Å². The summed E-state index contributed by atoms with van der Waals surface area (Å²) in [6.07, 6.45) is 5.23. The molecule has 33 heavy (non-hydrogen) atoms. The predicted molar refractivity (Wildman–Crippen MR) is 115 cm³/mol. The number of hydrogen-bond donors (Lipinski definition) is 3. The summed E-state index contributed by atoms with van der Waals surface area (Å²) in [7, 11) is 1.30. The molecule has 0 atom stereocenters. The van der Waals surface area contributed by atoms with Crippen LogP contribution < -0.4 is 20.7 Å². The van der Waals surface area contributed by atoms with E-state index in [9.17, 15) is 18.4 Å². The van der Waals surface area contributed by atoms with E-state index in [2.05, 4.69) is 30.7 Å². The van der Waals surface area contributed by atoms with Crippen LogP contribution in [0.1, 0.15) is 34.2 Å². The van der Waals surface area contributed by atoms with E-state index in [0.29, 0.717) is 5.39 Å². The van der Waals surface area contributed by atoms with Crippen molar-refractivity contribution >= 4 is 40.3 Å². The Balaban J connectivity index is 1.75. The predicted octanol–water partition coefficient (Wildman–Crippen LogP) is 2.34. The van der Waals surface area contributed by atoms with Gasteiger partial charge in [-0.25, -0.2) is 18.7 Å². The highest BCUT2D eigenvalue weighted by Gasteiger charge is 2.30. The molecule has 13 heteroatoms. The number of carbonyl (C=O) groups is 2. The summed E-state index contributed by atoms with van der Waals surface area (Å²) in [5.41, 5.74) is -0.0607. The lowest BCUT2D eigenvalue weighted by Crippen LogP contribution is -2.22. The van der Waals surface area contributed by atoms with Gasteiger partial charge in [-0.05, 0) is 12.8 Å². The number of amides is 2. The van der Waals surface area contributed by atoms with E-state index in [1.807, 2.05) is 5.32 Å². The first-order valence-electron chi connectivity index (χ1n) is 11.4. The van der Waals surface area contributed by atoms with E-state index in [4.69, 9.17) is 8.85 Å². The number of pyridine rings is 1. The highest BCUT2D eigenvalue weighted by molar-refractivity contribution is 6.00. The topological polar surface area (TPSA) is 136 Å². The highest BCUT2D eigenvalue weighted by atomic mass is 19.3. The molecule has 0 spiro atoms. The zero-order chi connectivity index (χ0) is 26.3. The molecule has 4 rings (SSSR count). The van der Waals surface area contributed by atoms with Crippen LogP contribution >= 0.6 is 0 Å². The van der Waals surface area contributed by atoms with Crippen molar-refractivity contribution in [3.05, 3.63) is 24.2 Å². The minimum Gasteiger partial charge on any atom is -0.491 e. The SMILES string of the molecule is [2H]C([2H])([2H])NC(=O)c1cnc(NC(=O)C2CC2)nc1Nc1ncc2cnn(CC(C)(F)F)c2c1OC. The Morgan fingerprint density at radius 2 is 2.06 bits per heavy atom. The van der Waals surface area contributed by atoms with E-state index in [1.54, 1.807) is 0 Å². The fraction of sp³-hybridized carbons (Fsp3) is 0.400. The molecule has 3 aromatic heterocycles. The van der Waals surface area contributed by atoms with Gasteiger partial charge in [0.1, 0.15) is 23.4 Å². The van der Waals surface area contributed by atoms with E-state index in [0.717, 1.165) is 30.6 Å². The fourth-order valence-corrected chi connectivity index (χ4v) is 3.15. The number of methoxy groups -OCH3 is 1. The normalized spacial score (nSPS) is 15.3. The van der Waals surface area contributed by atoms with Crippen molar-refractivity contribution in [2.24, 2.45) is 5.92 Å². The van der Waals surface area contributed by atoms with Gasteiger partial charge in [0.05, 0.1) is 13.3 Å². The number of aromatic nitrogens is 5. The first kappa shape index (κ1) is 18.7. The van der Waals surface area contributed by atoms with Crippen molar-refractivity contribution < 1.29 is 27.2 Å². The van der Waals surface area contributed by atoms with Crippen molar-refractivity contribution in [3.63, 3.8) is 0 Å². The van der Waals surface area contributed by atoms with Crippen LogP contribution in [-0.2, 0) is 11.3 Å². The second kappa shape index (κ2) is 8.56. The summed E-state index contributed by atoms with van der Waals surface area (Å²) in [6, 6.07) is 0. The van der Waals surface area contributed by atoms with Crippen LogP contribution in [0.3, 0.4) is 0 Å². The van der Waals surface area contributed by atoms with Crippen molar-refractivity contribution in [2.45, 2.75) is 32.2 Å². The third kappa shape index (κ3) is 4.81. The van der Waals surface area contributed by atoms with Gasteiger partial charge in [0.2, 0.25) is 11.9 Å². The number of halogens is 2. The minimum atomic E-state index is -3.07. The third-order valence-electron chi connectivity index (χ3n) is 4.83. The smallest absolute Gasteiger partial charge is 0.264 e. The van der Waals surface area contributed by atoms with Gasteiger partial charge >= 0.3 is 0 Å². The molecule has 0 saturated heterocycles. The number of rotatable bonds is 8. The van der Waals surface area contributed by atoms with Crippen LogP contribution in [0.2, 0.25) is 0 Å². The van der Waals surface area contributed by atoms with E-state index >= 15 is 0 Å². The van der Waals surface area contributed by atoms with Gasteiger partial charge in [-0.1, -0.05) is 0 Å². The lowest BCUT2D eigenvalue weighted by molar-refractivity contribution is -0.117. The quantitative estimate of drug-likeness (QED) is 0.463. The van der Waals surface area contributed by atoms with Crippen molar-refractivity contribution in [3.8, 4) is 5.75 Å². The first-order valence-corrected chi connectivity index (χ1v) is 9.88. The van der Waals surface area contributed by atoms with Crippen LogP contribution in [0.15, 0.2) is 18.6 Å². The van der Waals surface area contributed by atoms with Crippen LogP contribution in [0.25, 0.3) is 10.9 Å². The first-order chi connectivity index (χ1) is 16.8. The van der Waals surface area contributed by atoms with Crippen molar-refractivity contribution in [1.82, 2.24) is 30.0 Å². The molecule has 1 saturated carbocycles. The molecule has 0 radical (unpaired) electrons. The maximum Gasteiger partial charge on any atom is 0.264 e. The van der Waals surface area contributed by atoms with Gasteiger partial charge in [-0.3, -0.25) is 19.6 Å². The third-order valence-corrected chi connectivity index (χ3v) is 4.83. The maximum absolute atomic E-state index is 13.7. The number of hydrogen-bond acceptors (Lipinski definition) is 8. The number of nitrogens with one attached hydrogen (secondary N) is 3. The summed E-state index contributed by atoms with van der Waals surface area (Å²) >= 11 is 0. The second-order valence-electron chi connectivity index (χ2n) is 7.61. The van der Waals surface area contributed by atoms with Gasteiger partial charge in [-0.2, -0.15) is 10.1 Å². The summed E-state index contributed by atoms with van der Waals surface area (Å²) in [6.45, 7) is -2.77. The molecule has 3 N–H and O–H groups in total. The van der Waals surface area contributed by atoms with Gasteiger partial charge in [-0.15, -0.1) is 0 Å². The molecular weight excluding hydrogens is 438 g/mol. The van der Waals surface area contributed by atoms with Gasteiger partial charge in [0.25, 0.3) is 11.8 Å². The van der Waals surface area contributed by atoms with Gasteiger partial charge in [0.15, 0.2) is 11.6 Å². The fourth-order valence-electron chi connectivity index (χ4n) is 3.15. The lowest BCUT2D eigenvalue weighted by Gasteiger charge is -2.16. The van der Waals surface area contributed by atoms with Gasteiger partial charge in [0, 0.05) is 41.7 Å². The molecule has 174 valence electrons. The van der Waals surface area contributed by atoms with Crippen LogP contribution in [0.5, 0.6) is 5.75 Å². The number of carbonyl (C=O) groups excluding carboxylic acids is 2. The van der Waals surface area contributed by atoms with Gasteiger partial charge < -0.3 is 15.4 Å². The van der Waals surface area contributed by atoms with Crippen LogP contribution in [-0.4, -0.2) is 56.6 Å². The van der Waals surface area contributed by atoms with E-state index in [-0.39, 0.29) is 46.2 Å². The monoisotopic (exact) mass is 463 g/mol. The largest absolute Gasteiger partial charge is 0.491 e. The molecule has 1 aliphatic rings. The average Bonchev–Trinajstić information content (AvgIpc) is 3.54. The van der Waals surface area contributed by atoms with E-state index < -0.39 is 25.4 Å².